The van der Waals surface area contributed by atoms with Crippen LogP contribution in [0.25, 0.3) is 0 Å². The molecule has 3 aromatic carbocycles. The molecule has 1 aliphatic rings. The van der Waals surface area contributed by atoms with Crippen LogP contribution in [-0.4, -0.2) is 46.0 Å². The average molecular weight is 493 g/mol. The highest BCUT2D eigenvalue weighted by Gasteiger charge is 2.20. The Bertz CT molecular complexity index is 1200. The largest absolute Gasteiger partial charge is 0.497 e. The van der Waals surface area contributed by atoms with Gasteiger partial charge in [-0.1, -0.05) is 42.5 Å². The zero-order valence-electron chi connectivity index (χ0n) is 20.0. The molecule has 184 valence electrons. The molecule has 0 unspecified atom stereocenters. The fraction of sp³-hybridized carbons (Fsp3) is 0.321. The van der Waals surface area contributed by atoms with Gasteiger partial charge < -0.3 is 10.1 Å². The van der Waals surface area contributed by atoms with Crippen molar-refractivity contribution in [1.82, 2.24) is 10.2 Å². The number of rotatable bonds is 9. The van der Waals surface area contributed by atoms with Crippen LogP contribution in [0, 0.1) is 5.92 Å². The van der Waals surface area contributed by atoms with E-state index in [4.69, 9.17) is 4.74 Å². The first-order valence-corrected chi connectivity index (χ1v) is 13.6. The third kappa shape index (κ3) is 6.93. The zero-order valence-corrected chi connectivity index (χ0v) is 20.8. The van der Waals surface area contributed by atoms with Crippen molar-refractivity contribution in [3.8, 4) is 5.75 Å². The van der Waals surface area contributed by atoms with Crippen LogP contribution < -0.4 is 10.1 Å². The van der Waals surface area contributed by atoms with Gasteiger partial charge in [-0.15, -0.1) is 0 Å². The van der Waals surface area contributed by atoms with Crippen molar-refractivity contribution in [2.75, 3.05) is 26.7 Å². The van der Waals surface area contributed by atoms with Gasteiger partial charge in [-0.3, -0.25) is 9.69 Å². The first-order valence-electron chi connectivity index (χ1n) is 11.9. The monoisotopic (exact) mass is 492 g/mol. The number of nitrogens with one attached hydrogen (secondary N) is 1. The number of ether oxygens (including phenoxy) is 1. The van der Waals surface area contributed by atoms with Crippen LogP contribution in [0.1, 0.15) is 34.3 Å². The molecule has 0 saturated carbocycles. The Balaban J connectivity index is 1.22. The van der Waals surface area contributed by atoms with E-state index in [2.05, 4.69) is 22.3 Å². The zero-order chi connectivity index (χ0) is 24.7. The number of amides is 1. The molecule has 7 heteroatoms. The fourth-order valence-corrected chi connectivity index (χ4v) is 5.73. The van der Waals surface area contributed by atoms with Gasteiger partial charge in [0.1, 0.15) is 5.75 Å². The molecule has 4 rings (SSSR count). The van der Waals surface area contributed by atoms with Crippen LogP contribution >= 0.6 is 0 Å². The second kappa shape index (κ2) is 11.5. The Labute approximate surface area is 207 Å². The van der Waals surface area contributed by atoms with Crippen LogP contribution in [0.4, 0.5) is 0 Å². The summed E-state index contributed by atoms with van der Waals surface area (Å²) in [7, 11) is -1.74. The van der Waals surface area contributed by atoms with Gasteiger partial charge in [-0.25, -0.2) is 8.42 Å². The van der Waals surface area contributed by atoms with Crippen LogP contribution in [-0.2, 0) is 22.1 Å². The molecule has 35 heavy (non-hydrogen) atoms. The maximum Gasteiger partial charge on any atom is 0.251 e. The molecule has 1 heterocycles. The SMILES string of the molecule is COc1ccc(CN2CCC(CNC(=O)c3ccc(CS(=O)(=O)c4ccccc4)cc3)CC2)cc1. The molecule has 1 saturated heterocycles. The number of carbonyl (C=O) groups excluding carboxylic acids is 1. The second-order valence-electron chi connectivity index (χ2n) is 9.05. The van der Waals surface area contributed by atoms with Gasteiger partial charge in [0.15, 0.2) is 9.84 Å². The normalized spacial score (nSPS) is 15.0. The van der Waals surface area contributed by atoms with Crippen molar-refractivity contribution in [2.24, 2.45) is 5.92 Å². The topological polar surface area (TPSA) is 75.7 Å². The molecule has 0 aromatic heterocycles. The van der Waals surface area contributed by atoms with Crippen molar-refractivity contribution in [1.29, 1.82) is 0 Å². The second-order valence-corrected chi connectivity index (χ2v) is 11.0. The Kier molecular flexibility index (Phi) is 8.21. The van der Waals surface area contributed by atoms with E-state index in [1.165, 1.54) is 5.56 Å². The van der Waals surface area contributed by atoms with E-state index >= 15 is 0 Å². The first-order chi connectivity index (χ1) is 16.9. The maximum absolute atomic E-state index is 12.6. The quantitative estimate of drug-likeness (QED) is 0.482. The number of methoxy groups -OCH3 is 1. The molecule has 0 atom stereocenters. The smallest absolute Gasteiger partial charge is 0.251 e. The minimum absolute atomic E-state index is 0.0893. The lowest BCUT2D eigenvalue weighted by Gasteiger charge is -2.32. The lowest BCUT2D eigenvalue weighted by molar-refractivity contribution is 0.0935. The molecule has 1 aliphatic heterocycles. The van der Waals surface area contributed by atoms with Gasteiger partial charge in [-0.05, 0) is 79.4 Å². The van der Waals surface area contributed by atoms with Gasteiger partial charge in [0, 0.05) is 18.7 Å². The first kappa shape index (κ1) is 24.9. The van der Waals surface area contributed by atoms with Gasteiger partial charge in [-0.2, -0.15) is 0 Å². The van der Waals surface area contributed by atoms with Gasteiger partial charge in [0.05, 0.1) is 17.8 Å². The molecule has 1 N–H and O–H groups in total. The average Bonchev–Trinajstić information content (AvgIpc) is 2.89. The van der Waals surface area contributed by atoms with Gasteiger partial charge in [0.25, 0.3) is 5.91 Å². The number of benzene rings is 3. The van der Waals surface area contributed by atoms with E-state index < -0.39 is 9.84 Å². The van der Waals surface area contributed by atoms with Crippen molar-refractivity contribution in [3.05, 3.63) is 95.6 Å². The highest BCUT2D eigenvalue weighted by atomic mass is 32.2. The molecule has 1 amide bonds. The number of sulfone groups is 1. The van der Waals surface area contributed by atoms with Crippen molar-refractivity contribution < 1.29 is 17.9 Å². The fourth-order valence-electron chi connectivity index (χ4n) is 4.36. The summed E-state index contributed by atoms with van der Waals surface area (Å²) in [4.78, 5) is 15.4. The summed E-state index contributed by atoms with van der Waals surface area (Å²) >= 11 is 0. The number of likely N-dealkylation sites (tertiary alicyclic amines) is 1. The summed E-state index contributed by atoms with van der Waals surface area (Å²) in [6.45, 7) is 3.60. The number of piperidine rings is 1. The molecule has 0 spiro atoms. The Hall–Kier alpha value is -3.16. The predicted octanol–water partition coefficient (Wildman–Crippen LogP) is 4.31. The van der Waals surface area contributed by atoms with Crippen molar-refractivity contribution >= 4 is 15.7 Å². The van der Waals surface area contributed by atoms with Crippen molar-refractivity contribution in [2.45, 2.75) is 30.0 Å². The van der Waals surface area contributed by atoms with E-state index in [-0.39, 0.29) is 11.7 Å². The summed E-state index contributed by atoms with van der Waals surface area (Å²) < 4.78 is 30.3. The van der Waals surface area contributed by atoms with E-state index in [0.29, 0.717) is 28.5 Å². The maximum atomic E-state index is 12.6. The number of hydrogen-bond donors (Lipinski definition) is 1. The number of hydrogen-bond acceptors (Lipinski definition) is 5. The minimum atomic E-state index is -3.41. The summed E-state index contributed by atoms with van der Waals surface area (Å²) in [6.07, 6.45) is 2.10. The van der Waals surface area contributed by atoms with E-state index in [0.717, 1.165) is 38.2 Å². The lowest BCUT2D eigenvalue weighted by atomic mass is 9.96. The van der Waals surface area contributed by atoms with Crippen LogP contribution in [0.5, 0.6) is 5.75 Å². The summed E-state index contributed by atoms with van der Waals surface area (Å²) in [5.41, 5.74) is 2.48. The highest BCUT2D eigenvalue weighted by Crippen LogP contribution is 2.20. The summed E-state index contributed by atoms with van der Waals surface area (Å²) in [5, 5.41) is 3.05. The van der Waals surface area contributed by atoms with Gasteiger partial charge >= 0.3 is 0 Å². The van der Waals surface area contributed by atoms with Crippen molar-refractivity contribution in [3.63, 3.8) is 0 Å². The molecule has 0 aliphatic carbocycles. The van der Waals surface area contributed by atoms with E-state index in [9.17, 15) is 13.2 Å². The molecular formula is C28H32N2O4S. The standard InChI is InChI=1S/C28H32N2O4S/c1-34-26-13-9-23(10-14-26)20-30-17-15-22(16-18-30)19-29-28(31)25-11-7-24(8-12-25)21-35(32,33)27-5-3-2-4-6-27/h2-14,22H,15-21H2,1H3,(H,29,31). The van der Waals surface area contributed by atoms with Crippen LogP contribution in [0.2, 0.25) is 0 Å². The van der Waals surface area contributed by atoms with Crippen LogP contribution in [0.15, 0.2) is 83.8 Å². The molecule has 6 nitrogen and oxygen atoms in total. The molecule has 0 radical (unpaired) electrons. The Morgan fingerprint density at radius 3 is 2.17 bits per heavy atom. The molecule has 3 aromatic rings. The minimum Gasteiger partial charge on any atom is -0.497 e. The van der Waals surface area contributed by atoms with E-state index in [1.807, 2.05) is 12.1 Å². The highest BCUT2D eigenvalue weighted by molar-refractivity contribution is 7.90. The summed E-state index contributed by atoms with van der Waals surface area (Å²) in [6, 6.07) is 23.4. The molecule has 1 fully saturated rings. The lowest BCUT2D eigenvalue weighted by Crippen LogP contribution is -2.38. The third-order valence-electron chi connectivity index (χ3n) is 6.50. The van der Waals surface area contributed by atoms with E-state index in [1.54, 1.807) is 61.7 Å². The molecule has 0 bridgehead atoms. The summed E-state index contributed by atoms with van der Waals surface area (Å²) in [5.74, 6) is 1.12. The number of carbonyl (C=O) groups is 1. The molecular weight excluding hydrogens is 460 g/mol. The van der Waals surface area contributed by atoms with Gasteiger partial charge in [0.2, 0.25) is 0 Å². The third-order valence-corrected chi connectivity index (χ3v) is 8.20. The predicted molar refractivity (Wildman–Crippen MR) is 137 cm³/mol. The Morgan fingerprint density at radius 1 is 0.914 bits per heavy atom. The van der Waals surface area contributed by atoms with Crippen LogP contribution in [0.3, 0.4) is 0 Å². The number of nitrogens with zero attached hydrogens (tertiary/aromatic N) is 1. The Morgan fingerprint density at radius 2 is 1.54 bits per heavy atom.